The average Bonchev–Trinajstić information content (AvgIpc) is 3.06. The number of hydrogen-bond acceptors (Lipinski definition) is 3. The molecule has 2 N–H and O–H groups in total. The summed E-state index contributed by atoms with van der Waals surface area (Å²) in [5.74, 6) is -0.0677. The molecule has 23 heavy (non-hydrogen) atoms. The molecule has 120 valence electrons. The minimum Gasteiger partial charge on any atom is -0.369 e. The van der Waals surface area contributed by atoms with Gasteiger partial charge in [0.25, 0.3) is 5.91 Å². The lowest BCUT2D eigenvalue weighted by atomic mass is 9.48. The van der Waals surface area contributed by atoms with E-state index in [1.54, 1.807) is 11.3 Å². The molecule has 1 aliphatic heterocycles. The minimum atomic E-state index is -0.523. The van der Waals surface area contributed by atoms with Crippen LogP contribution in [0.2, 0.25) is 0 Å². The smallest absolute Gasteiger partial charge is 0.255 e. The number of benzene rings is 1. The van der Waals surface area contributed by atoms with Crippen LogP contribution >= 0.6 is 11.3 Å². The number of primary amides is 1. The second kappa shape index (κ2) is 4.57. The summed E-state index contributed by atoms with van der Waals surface area (Å²) in [5.41, 5.74) is 5.98. The third-order valence-electron chi connectivity index (χ3n) is 5.75. The van der Waals surface area contributed by atoms with Crippen molar-refractivity contribution in [3.05, 3.63) is 35.2 Å². The van der Waals surface area contributed by atoms with Gasteiger partial charge in [0.1, 0.15) is 0 Å². The zero-order valence-electron chi connectivity index (χ0n) is 13.3. The van der Waals surface area contributed by atoms with Crippen molar-refractivity contribution < 1.29 is 9.59 Å². The molecule has 2 heterocycles. The summed E-state index contributed by atoms with van der Waals surface area (Å²) in [6.07, 6.45) is 0.772. The zero-order valence-corrected chi connectivity index (χ0v) is 14.2. The summed E-state index contributed by atoms with van der Waals surface area (Å²) in [7, 11) is 0. The molecule has 1 aromatic carbocycles. The van der Waals surface area contributed by atoms with E-state index in [1.165, 1.54) is 0 Å². The van der Waals surface area contributed by atoms with Crippen molar-refractivity contribution in [3.8, 4) is 0 Å². The molecule has 4 rings (SSSR count). The fourth-order valence-corrected chi connectivity index (χ4v) is 5.63. The fourth-order valence-electron chi connectivity index (χ4n) is 4.70. The number of thiophene rings is 1. The van der Waals surface area contributed by atoms with Crippen LogP contribution in [0.4, 0.5) is 0 Å². The van der Waals surface area contributed by atoms with E-state index in [1.807, 2.05) is 34.5 Å². The first-order valence-electron chi connectivity index (χ1n) is 7.91. The lowest BCUT2D eigenvalue weighted by molar-refractivity contribution is -0.148. The highest BCUT2D eigenvalue weighted by Gasteiger charge is 2.66. The molecular formula is C18H20N2O2S. The van der Waals surface area contributed by atoms with E-state index < -0.39 is 5.41 Å². The summed E-state index contributed by atoms with van der Waals surface area (Å²) in [6.45, 7) is 5.40. The average molecular weight is 328 g/mol. The molecular weight excluding hydrogens is 308 g/mol. The Morgan fingerprint density at radius 2 is 2.04 bits per heavy atom. The van der Waals surface area contributed by atoms with Crippen molar-refractivity contribution in [1.82, 2.24) is 4.90 Å². The number of amides is 2. The van der Waals surface area contributed by atoms with Gasteiger partial charge < -0.3 is 10.6 Å². The van der Waals surface area contributed by atoms with E-state index in [2.05, 4.69) is 13.8 Å². The number of carbonyl (C=O) groups is 2. The lowest BCUT2D eigenvalue weighted by Crippen LogP contribution is -2.59. The van der Waals surface area contributed by atoms with Crippen molar-refractivity contribution in [2.24, 2.45) is 22.5 Å². The molecule has 0 unspecified atom stereocenters. The number of likely N-dealkylation sites (tertiary alicyclic amines) is 1. The van der Waals surface area contributed by atoms with Crippen molar-refractivity contribution in [2.45, 2.75) is 20.3 Å². The highest BCUT2D eigenvalue weighted by atomic mass is 32.1. The van der Waals surface area contributed by atoms with E-state index in [4.69, 9.17) is 5.73 Å². The van der Waals surface area contributed by atoms with Gasteiger partial charge in [0.15, 0.2) is 0 Å². The van der Waals surface area contributed by atoms with Gasteiger partial charge >= 0.3 is 0 Å². The molecule has 5 heteroatoms. The molecule has 2 amide bonds. The van der Waals surface area contributed by atoms with Crippen LogP contribution in [0.5, 0.6) is 0 Å². The van der Waals surface area contributed by atoms with Crippen LogP contribution in [0.3, 0.4) is 0 Å². The van der Waals surface area contributed by atoms with Crippen LogP contribution in [0.25, 0.3) is 10.1 Å². The maximum atomic E-state index is 13.0. The third kappa shape index (κ3) is 1.89. The Morgan fingerprint density at radius 3 is 2.70 bits per heavy atom. The lowest BCUT2D eigenvalue weighted by Gasteiger charge is -2.54. The predicted octanol–water partition coefficient (Wildman–Crippen LogP) is 2.87. The number of rotatable bonds is 2. The fraction of sp³-hybridized carbons (Fsp3) is 0.444. The van der Waals surface area contributed by atoms with Crippen LogP contribution < -0.4 is 5.73 Å². The summed E-state index contributed by atoms with van der Waals surface area (Å²) >= 11 is 1.58. The number of fused-ring (bicyclic) bond motifs is 2. The van der Waals surface area contributed by atoms with Crippen LogP contribution in [0, 0.1) is 16.7 Å². The number of hydrogen-bond donors (Lipinski definition) is 1. The van der Waals surface area contributed by atoms with Crippen LogP contribution in [0.1, 0.15) is 30.6 Å². The molecule has 1 saturated heterocycles. The Labute approximate surface area is 139 Å². The van der Waals surface area contributed by atoms with Gasteiger partial charge in [-0.3, -0.25) is 9.59 Å². The monoisotopic (exact) mass is 328 g/mol. The standard InChI is InChI=1S/C18H20N2O2S/c1-17(2)9-18(16(19)22)10-20(7-14(17)18)15(21)12-8-23-13-6-4-3-5-11(12)13/h3-6,8,14H,7,9-10H2,1-2H3,(H2,19,22)/t14-,18+/m1/s1. The van der Waals surface area contributed by atoms with E-state index in [0.29, 0.717) is 13.1 Å². The second-order valence-electron chi connectivity index (χ2n) is 7.57. The minimum absolute atomic E-state index is 0.0216. The van der Waals surface area contributed by atoms with Gasteiger partial charge in [-0.1, -0.05) is 32.0 Å². The number of nitrogens with two attached hydrogens (primary N) is 1. The molecule has 4 nitrogen and oxygen atoms in total. The quantitative estimate of drug-likeness (QED) is 0.921. The van der Waals surface area contributed by atoms with Gasteiger partial charge in [-0.25, -0.2) is 0 Å². The third-order valence-corrected chi connectivity index (χ3v) is 6.71. The molecule has 2 atom stereocenters. The summed E-state index contributed by atoms with van der Waals surface area (Å²) in [6, 6.07) is 7.94. The maximum absolute atomic E-state index is 13.0. The molecule has 1 aliphatic carbocycles. The number of nitrogens with zero attached hydrogens (tertiary/aromatic N) is 1. The van der Waals surface area contributed by atoms with Crippen molar-refractivity contribution in [3.63, 3.8) is 0 Å². The first kappa shape index (κ1) is 14.7. The molecule has 2 aromatic rings. The zero-order chi connectivity index (χ0) is 16.4. The summed E-state index contributed by atoms with van der Waals surface area (Å²) in [4.78, 5) is 26.9. The van der Waals surface area contributed by atoms with Crippen molar-refractivity contribution >= 4 is 33.2 Å². The van der Waals surface area contributed by atoms with Gasteiger partial charge in [-0.2, -0.15) is 0 Å². The molecule has 0 radical (unpaired) electrons. The molecule has 2 fully saturated rings. The first-order valence-corrected chi connectivity index (χ1v) is 8.78. The highest BCUT2D eigenvalue weighted by Crippen LogP contribution is 2.62. The van der Waals surface area contributed by atoms with Gasteiger partial charge in [0.2, 0.25) is 5.91 Å². The second-order valence-corrected chi connectivity index (χ2v) is 8.48. The SMILES string of the molecule is CC1(C)C[C@]2(C(N)=O)CN(C(=O)c3csc4ccccc34)C[C@H]12. The molecule has 2 aliphatic rings. The summed E-state index contributed by atoms with van der Waals surface area (Å²) < 4.78 is 1.11. The maximum Gasteiger partial charge on any atom is 0.255 e. The van der Waals surface area contributed by atoms with Crippen molar-refractivity contribution in [1.29, 1.82) is 0 Å². The van der Waals surface area contributed by atoms with E-state index in [-0.39, 0.29) is 23.1 Å². The topological polar surface area (TPSA) is 63.4 Å². The molecule has 0 bridgehead atoms. The Hall–Kier alpha value is -1.88. The van der Waals surface area contributed by atoms with Gasteiger partial charge in [-0.05, 0) is 23.8 Å². The Morgan fingerprint density at radius 1 is 1.30 bits per heavy atom. The van der Waals surface area contributed by atoms with E-state index in [9.17, 15) is 9.59 Å². The number of carbonyl (C=O) groups excluding carboxylic acids is 2. The summed E-state index contributed by atoms with van der Waals surface area (Å²) in [5, 5.41) is 2.92. The predicted molar refractivity (Wildman–Crippen MR) is 91.2 cm³/mol. The Bertz CT molecular complexity index is 825. The molecule has 0 spiro atoms. The first-order chi connectivity index (χ1) is 10.8. The largest absolute Gasteiger partial charge is 0.369 e. The van der Waals surface area contributed by atoms with Crippen molar-refractivity contribution in [2.75, 3.05) is 13.1 Å². The van der Waals surface area contributed by atoms with Crippen LogP contribution in [-0.2, 0) is 4.79 Å². The molecule has 1 saturated carbocycles. The van der Waals surface area contributed by atoms with Gasteiger partial charge in [0, 0.05) is 28.6 Å². The highest BCUT2D eigenvalue weighted by molar-refractivity contribution is 7.17. The van der Waals surface area contributed by atoms with E-state index in [0.717, 1.165) is 22.1 Å². The van der Waals surface area contributed by atoms with Gasteiger partial charge in [-0.15, -0.1) is 11.3 Å². The Balaban J connectivity index is 1.67. The normalized spacial score (nSPS) is 28.4. The Kier molecular flexibility index (Phi) is 2.92. The van der Waals surface area contributed by atoms with Gasteiger partial charge in [0.05, 0.1) is 11.0 Å². The molecule has 1 aromatic heterocycles. The van der Waals surface area contributed by atoms with Crippen LogP contribution in [-0.4, -0.2) is 29.8 Å². The van der Waals surface area contributed by atoms with Crippen LogP contribution in [0.15, 0.2) is 29.6 Å². The van der Waals surface area contributed by atoms with E-state index >= 15 is 0 Å².